The highest BCUT2D eigenvalue weighted by Crippen LogP contribution is 2.21. The summed E-state index contributed by atoms with van der Waals surface area (Å²) in [5.41, 5.74) is 0.704. The predicted molar refractivity (Wildman–Crippen MR) is 56.8 cm³/mol. The van der Waals surface area contributed by atoms with Gasteiger partial charge < -0.3 is 14.6 Å². The Labute approximate surface area is 89.9 Å². The highest BCUT2D eigenvalue weighted by Gasteiger charge is 2.17. The predicted octanol–water partition coefficient (Wildman–Crippen LogP) is 1.55. The van der Waals surface area contributed by atoms with Gasteiger partial charge in [0.05, 0.1) is 19.4 Å². The first-order valence-electron chi connectivity index (χ1n) is 4.97. The van der Waals surface area contributed by atoms with Crippen LogP contribution in [0, 0.1) is 0 Å². The lowest BCUT2D eigenvalue weighted by molar-refractivity contribution is -0.0229. The summed E-state index contributed by atoms with van der Waals surface area (Å²) < 4.78 is 10.3. The molecule has 1 aromatic heterocycles. The molecule has 2 unspecified atom stereocenters. The first-order valence-corrected chi connectivity index (χ1v) is 4.97. The maximum absolute atomic E-state index is 9.92. The number of hydrogen-bond acceptors (Lipinski definition) is 4. The summed E-state index contributed by atoms with van der Waals surface area (Å²) in [6, 6.07) is 1.76. The van der Waals surface area contributed by atoms with Gasteiger partial charge in [0.2, 0.25) is 0 Å². The fourth-order valence-corrected chi connectivity index (χ4v) is 1.33. The van der Waals surface area contributed by atoms with Crippen LogP contribution in [0.3, 0.4) is 0 Å². The molecule has 2 atom stereocenters. The molecular formula is C11H17NO3. The molecule has 0 saturated carbocycles. The van der Waals surface area contributed by atoms with Crippen molar-refractivity contribution in [3.63, 3.8) is 0 Å². The van der Waals surface area contributed by atoms with Crippen molar-refractivity contribution in [2.24, 2.45) is 0 Å². The van der Waals surface area contributed by atoms with Gasteiger partial charge >= 0.3 is 0 Å². The molecule has 0 aliphatic rings. The lowest BCUT2D eigenvalue weighted by atomic mass is 10.1. The minimum absolute atomic E-state index is 0.246. The van der Waals surface area contributed by atoms with Crippen LogP contribution in [0.1, 0.15) is 25.5 Å². The number of rotatable bonds is 5. The first-order chi connectivity index (χ1) is 7.19. The Balaban J connectivity index is 2.76. The molecule has 1 aromatic rings. The highest BCUT2D eigenvalue weighted by molar-refractivity contribution is 5.25. The van der Waals surface area contributed by atoms with Gasteiger partial charge in [-0.15, -0.1) is 0 Å². The summed E-state index contributed by atoms with van der Waals surface area (Å²) in [6.07, 6.45) is 2.29. The summed E-state index contributed by atoms with van der Waals surface area (Å²) in [4.78, 5) is 3.98. The van der Waals surface area contributed by atoms with Gasteiger partial charge in [-0.1, -0.05) is 0 Å². The summed E-state index contributed by atoms with van der Waals surface area (Å²) in [5.74, 6) is 0.634. The lowest BCUT2D eigenvalue weighted by Crippen LogP contribution is -2.18. The molecule has 0 aliphatic heterocycles. The molecule has 0 aromatic carbocycles. The zero-order valence-electron chi connectivity index (χ0n) is 9.30. The van der Waals surface area contributed by atoms with Gasteiger partial charge in [0.15, 0.2) is 0 Å². The van der Waals surface area contributed by atoms with E-state index in [1.807, 2.05) is 13.8 Å². The fourth-order valence-electron chi connectivity index (χ4n) is 1.33. The van der Waals surface area contributed by atoms with E-state index in [2.05, 4.69) is 4.98 Å². The van der Waals surface area contributed by atoms with Crippen LogP contribution >= 0.6 is 0 Å². The minimum atomic E-state index is -0.674. The Morgan fingerprint density at radius 3 is 2.80 bits per heavy atom. The molecule has 15 heavy (non-hydrogen) atoms. The molecular weight excluding hydrogens is 194 g/mol. The molecule has 4 heteroatoms. The van der Waals surface area contributed by atoms with E-state index in [4.69, 9.17) is 9.47 Å². The third-order valence-corrected chi connectivity index (χ3v) is 2.19. The zero-order chi connectivity index (χ0) is 11.3. The molecule has 0 radical (unpaired) electrons. The Hall–Kier alpha value is -1.13. The van der Waals surface area contributed by atoms with Crippen LogP contribution in [-0.4, -0.2) is 29.9 Å². The van der Waals surface area contributed by atoms with Crippen LogP contribution in [-0.2, 0) is 4.74 Å². The molecule has 4 nitrogen and oxygen atoms in total. The standard InChI is InChI=1S/C11H17NO3/c1-4-15-8(2)11(13)9-5-10(14-3)7-12-6-9/h5-8,11,13H,4H2,1-3H3. The van der Waals surface area contributed by atoms with Gasteiger partial charge in [-0.05, 0) is 19.9 Å². The molecule has 0 bridgehead atoms. The number of ether oxygens (including phenoxy) is 2. The molecule has 0 aliphatic carbocycles. The number of hydrogen-bond donors (Lipinski definition) is 1. The smallest absolute Gasteiger partial charge is 0.137 e. The largest absolute Gasteiger partial charge is 0.495 e. The lowest BCUT2D eigenvalue weighted by Gasteiger charge is -2.18. The van der Waals surface area contributed by atoms with E-state index in [1.54, 1.807) is 25.6 Å². The second-order valence-electron chi connectivity index (χ2n) is 3.26. The molecule has 1 N–H and O–H groups in total. The summed E-state index contributed by atoms with van der Waals surface area (Å²) in [7, 11) is 1.57. The van der Waals surface area contributed by atoms with E-state index < -0.39 is 6.10 Å². The number of pyridine rings is 1. The highest BCUT2D eigenvalue weighted by atomic mass is 16.5. The fraction of sp³-hybridized carbons (Fsp3) is 0.545. The Morgan fingerprint density at radius 1 is 1.47 bits per heavy atom. The van der Waals surface area contributed by atoms with Gasteiger partial charge in [0.25, 0.3) is 0 Å². The Bertz CT molecular complexity index is 304. The van der Waals surface area contributed by atoms with Gasteiger partial charge in [-0.2, -0.15) is 0 Å². The zero-order valence-corrected chi connectivity index (χ0v) is 9.30. The van der Waals surface area contributed by atoms with Crippen LogP contribution in [0.2, 0.25) is 0 Å². The Kier molecular flexibility index (Phi) is 4.52. The molecule has 84 valence electrons. The van der Waals surface area contributed by atoms with Gasteiger partial charge in [-0.3, -0.25) is 4.98 Å². The Morgan fingerprint density at radius 2 is 2.20 bits per heavy atom. The molecule has 0 spiro atoms. The molecule has 0 amide bonds. The number of methoxy groups -OCH3 is 1. The third-order valence-electron chi connectivity index (χ3n) is 2.19. The number of aromatic nitrogens is 1. The average Bonchev–Trinajstić information content (AvgIpc) is 2.28. The second kappa shape index (κ2) is 5.68. The average molecular weight is 211 g/mol. The maximum Gasteiger partial charge on any atom is 0.137 e. The van der Waals surface area contributed by atoms with Crippen molar-refractivity contribution in [3.05, 3.63) is 24.0 Å². The second-order valence-corrected chi connectivity index (χ2v) is 3.26. The molecule has 0 saturated heterocycles. The molecule has 1 rings (SSSR count). The summed E-state index contributed by atoms with van der Waals surface area (Å²) >= 11 is 0. The van der Waals surface area contributed by atoms with Crippen molar-refractivity contribution in [3.8, 4) is 5.75 Å². The van der Waals surface area contributed by atoms with E-state index in [9.17, 15) is 5.11 Å². The van der Waals surface area contributed by atoms with Crippen LogP contribution in [0.5, 0.6) is 5.75 Å². The number of aliphatic hydroxyl groups excluding tert-OH is 1. The monoisotopic (exact) mass is 211 g/mol. The third kappa shape index (κ3) is 3.18. The van der Waals surface area contributed by atoms with Crippen molar-refractivity contribution in [2.75, 3.05) is 13.7 Å². The normalized spacial score (nSPS) is 14.7. The summed E-state index contributed by atoms with van der Waals surface area (Å²) in [6.45, 7) is 4.30. The maximum atomic E-state index is 9.92. The van der Waals surface area contributed by atoms with Crippen LogP contribution in [0.15, 0.2) is 18.5 Å². The topological polar surface area (TPSA) is 51.6 Å². The number of nitrogens with zero attached hydrogens (tertiary/aromatic N) is 1. The van der Waals surface area contributed by atoms with E-state index in [0.717, 1.165) is 0 Å². The van der Waals surface area contributed by atoms with Crippen LogP contribution in [0.4, 0.5) is 0 Å². The van der Waals surface area contributed by atoms with Crippen molar-refractivity contribution in [1.29, 1.82) is 0 Å². The van der Waals surface area contributed by atoms with E-state index in [1.165, 1.54) is 0 Å². The van der Waals surface area contributed by atoms with E-state index in [-0.39, 0.29) is 6.10 Å². The molecule has 0 fully saturated rings. The van der Waals surface area contributed by atoms with E-state index in [0.29, 0.717) is 17.9 Å². The van der Waals surface area contributed by atoms with Crippen molar-refractivity contribution in [2.45, 2.75) is 26.1 Å². The first kappa shape index (κ1) is 11.9. The van der Waals surface area contributed by atoms with E-state index >= 15 is 0 Å². The quantitative estimate of drug-likeness (QED) is 0.802. The minimum Gasteiger partial charge on any atom is -0.495 e. The van der Waals surface area contributed by atoms with Gasteiger partial charge in [-0.25, -0.2) is 0 Å². The van der Waals surface area contributed by atoms with Crippen molar-refractivity contribution >= 4 is 0 Å². The SMILES string of the molecule is CCOC(C)C(O)c1cncc(OC)c1. The summed E-state index contributed by atoms with van der Waals surface area (Å²) in [5, 5.41) is 9.92. The van der Waals surface area contributed by atoms with Gasteiger partial charge in [0.1, 0.15) is 11.9 Å². The molecule has 1 heterocycles. The van der Waals surface area contributed by atoms with Crippen LogP contribution in [0.25, 0.3) is 0 Å². The van der Waals surface area contributed by atoms with Crippen LogP contribution < -0.4 is 4.74 Å². The van der Waals surface area contributed by atoms with Crippen molar-refractivity contribution < 1.29 is 14.6 Å². The van der Waals surface area contributed by atoms with Gasteiger partial charge in [0, 0.05) is 18.4 Å². The number of aliphatic hydroxyl groups is 1. The van der Waals surface area contributed by atoms with Crippen molar-refractivity contribution in [1.82, 2.24) is 4.98 Å².